The highest BCUT2D eigenvalue weighted by Gasteiger charge is 2.47. The number of nitrogens with one attached hydrogen (secondary N) is 2. The van der Waals surface area contributed by atoms with E-state index in [2.05, 4.69) is 15.3 Å². The van der Waals surface area contributed by atoms with Gasteiger partial charge in [-0.3, -0.25) is 23.9 Å². The summed E-state index contributed by atoms with van der Waals surface area (Å²) in [6.45, 7) is -0.0591. The number of anilines is 2. The zero-order valence-corrected chi connectivity index (χ0v) is 17.9. The second kappa shape index (κ2) is 8.26. The van der Waals surface area contributed by atoms with E-state index in [-0.39, 0.29) is 35.9 Å². The molecule has 7 N–H and O–H groups in total. The van der Waals surface area contributed by atoms with Crippen LogP contribution in [0.3, 0.4) is 0 Å². The lowest BCUT2D eigenvalue weighted by Crippen LogP contribution is -2.46. The quantitative estimate of drug-likeness (QED) is 0.128. The number of aromatic hydroxyl groups is 1. The van der Waals surface area contributed by atoms with Crippen LogP contribution < -0.4 is 32.0 Å². The van der Waals surface area contributed by atoms with Crippen LogP contribution in [0.1, 0.15) is 11.8 Å². The monoisotopic (exact) mass is 487 g/mol. The first-order chi connectivity index (χ1) is 16.7. The molecule has 3 heterocycles. The normalized spacial score (nSPS) is 22.3. The summed E-state index contributed by atoms with van der Waals surface area (Å²) in [5, 5.41) is 33.2. The molecular weight excluding hydrogens is 467 g/mol. The molecule has 1 aliphatic heterocycles. The first-order valence-corrected chi connectivity index (χ1v) is 10.5. The van der Waals surface area contributed by atoms with E-state index in [9.17, 15) is 34.1 Å². The van der Waals surface area contributed by atoms with Crippen LogP contribution in [0.4, 0.5) is 16.0 Å². The van der Waals surface area contributed by atoms with Gasteiger partial charge in [0.1, 0.15) is 29.8 Å². The summed E-state index contributed by atoms with van der Waals surface area (Å²) >= 11 is 0. The number of fused-ring (bicyclic) bond motifs is 1. The van der Waals surface area contributed by atoms with E-state index in [4.69, 9.17) is 10.5 Å². The van der Waals surface area contributed by atoms with E-state index in [1.165, 1.54) is 27.6 Å². The Labute approximate surface area is 194 Å². The van der Waals surface area contributed by atoms with Crippen LogP contribution in [-0.2, 0) is 11.3 Å². The molecule has 4 atom stereocenters. The van der Waals surface area contributed by atoms with E-state index >= 15 is 0 Å². The van der Waals surface area contributed by atoms with Crippen molar-refractivity contribution in [2.45, 2.75) is 31.1 Å². The van der Waals surface area contributed by atoms with Gasteiger partial charge in [-0.15, -0.1) is 0 Å². The summed E-state index contributed by atoms with van der Waals surface area (Å²) in [7, 11) is 0. The molecular formula is C21H20FN6O7+. The molecule has 4 aromatic rings. The fourth-order valence-corrected chi connectivity index (χ4v) is 4.14. The average Bonchev–Trinajstić information content (AvgIpc) is 3.32. The Balaban J connectivity index is 1.47. The molecule has 2 aromatic heterocycles. The van der Waals surface area contributed by atoms with Crippen LogP contribution in [0, 0.1) is 5.82 Å². The predicted molar refractivity (Wildman–Crippen MR) is 118 cm³/mol. The van der Waals surface area contributed by atoms with E-state index in [0.717, 1.165) is 0 Å². The number of hydrogen-bond donors (Lipinski definition) is 6. The molecule has 0 radical (unpaired) electrons. The second-order valence-electron chi connectivity index (χ2n) is 8.21. The van der Waals surface area contributed by atoms with E-state index in [1.54, 1.807) is 12.1 Å². The van der Waals surface area contributed by atoms with Gasteiger partial charge in [-0.25, -0.2) is 8.96 Å². The second-order valence-corrected chi connectivity index (χ2v) is 8.21. The van der Waals surface area contributed by atoms with Crippen LogP contribution in [0.25, 0.3) is 11.2 Å². The Bertz CT molecular complexity index is 1560. The van der Waals surface area contributed by atoms with Gasteiger partial charge in [0.25, 0.3) is 22.4 Å². The summed E-state index contributed by atoms with van der Waals surface area (Å²) in [4.78, 5) is 41.9. The number of aromatic amines is 1. The third-order valence-corrected chi connectivity index (χ3v) is 5.93. The van der Waals surface area contributed by atoms with Crippen molar-refractivity contribution in [2.75, 3.05) is 17.6 Å². The van der Waals surface area contributed by atoms with Gasteiger partial charge in [0.15, 0.2) is 12.1 Å². The SMILES string of the molecule is Nc1nc2c(c(=O)[nH]1)n(Cc1ccc(F)cc1)c[n+]2[C@@H]1O[C@H](CNc2c(O)c(=O)c2=O)[C@@H](O)[C@H]1O. The molecule has 14 heteroatoms. The standard InChI is InChI=1S/C21H19FN6O7/c22-9-3-1-8(2-4-9)6-27-7-28(18-12(27)19(34)26-21(23)25-18)20-17(33)13(29)10(35-20)5-24-11-14(30)16(32)15(11)31/h1-4,7,10,13,17,20,29,33H,5-6H2,(H4-,23,24,25,26,30,31,32,34)/p+1/t10-,13-,17-,20-/m1/s1. The summed E-state index contributed by atoms with van der Waals surface area (Å²) in [6, 6.07) is 5.66. The predicted octanol–water partition coefficient (Wildman–Crippen LogP) is -2.19. The number of halogens is 1. The van der Waals surface area contributed by atoms with Gasteiger partial charge in [-0.1, -0.05) is 17.1 Å². The number of nitrogens with zero attached hydrogens (tertiary/aromatic N) is 3. The van der Waals surface area contributed by atoms with Gasteiger partial charge in [0, 0.05) is 6.54 Å². The van der Waals surface area contributed by atoms with Gasteiger partial charge >= 0.3 is 5.65 Å². The van der Waals surface area contributed by atoms with Crippen LogP contribution in [0.2, 0.25) is 0 Å². The molecule has 1 fully saturated rings. The zero-order valence-electron chi connectivity index (χ0n) is 17.9. The van der Waals surface area contributed by atoms with Gasteiger partial charge in [-0.05, 0) is 17.7 Å². The summed E-state index contributed by atoms with van der Waals surface area (Å²) in [6.07, 6.45) is -3.71. The van der Waals surface area contributed by atoms with Crippen molar-refractivity contribution < 1.29 is 29.0 Å². The Morgan fingerprint density at radius 1 is 1.17 bits per heavy atom. The van der Waals surface area contributed by atoms with Gasteiger partial charge in [-0.2, -0.15) is 0 Å². The van der Waals surface area contributed by atoms with Crippen molar-refractivity contribution in [3.63, 3.8) is 0 Å². The Hall–Kier alpha value is -4.14. The number of imidazole rings is 1. The Kier molecular flexibility index (Phi) is 5.35. The lowest BCUT2D eigenvalue weighted by atomic mass is 10.1. The van der Waals surface area contributed by atoms with E-state index < -0.39 is 52.5 Å². The molecule has 5 rings (SSSR count). The van der Waals surface area contributed by atoms with E-state index in [1.807, 2.05) is 0 Å². The molecule has 0 spiro atoms. The number of aromatic nitrogens is 4. The highest BCUT2D eigenvalue weighted by Crippen LogP contribution is 2.28. The van der Waals surface area contributed by atoms with Crippen molar-refractivity contribution in [2.24, 2.45) is 0 Å². The molecule has 2 aromatic carbocycles. The minimum atomic E-state index is -1.47. The Morgan fingerprint density at radius 2 is 1.89 bits per heavy atom. The summed E-state index contributed by atoms with van der Waals surface area (Å²) in [5.41, 5.74) is 3.79. The highest BCUT2D eigenvalue weighted by atomic mass is 19.1. The lowest BCUT2D eigenvalue weighted by molar-refractivity contribution is -0.745. The molecule has 1 aliphatic rings. The molecule has 182 valence electrons. The molecule has 0 bridgehead atoms. The van der Waals surface area contributed by atoms with Gasteiger partial charge < -0.3 is 31.1 Å². The number of H-pyrrole nitrogens is 1. The maximum absolute atomic E-state index is 13.3. The van der Waals surface area contributed by atoms with Gasteiger partial charge in [0.05, 0.1) is 6.54 Å². The minimum absolute atomic E-state index is 0.0679. The molecule has 0 saturated carbocycles. The number of nitrogens with two attached hydrogens (primary N) is 1. The number of nitrogen functional groups attached to an aromatic ring is 1. The third kappa shape index (κ3) is 3.73. The van der Waals surface area contributed by atoms with Crippen LogP contribution in [0.15, 0.2) is 45.0 Å². The van der Waals surface area contributed by atoms with Crippen molar-refractivity contribution in [3.8, 4) is 5.75 Å². The smallest absolute Gasteiger partial charge is 0.313 e. The first-order valence-electron chi connectivity index (χ1n) is 10.5. The fourth-order valence-electron chi connectivity index (χ4n) is 4.14. The average molecular weight is 487 g/mol. The number of aliphatic hydroxyl groups is 2. The number of hydrogen-bond acceptors (Lipinski definition) is 10. The topological polar surface area (TPSA) is 197 Å². The largest absolute Gasteiger partial charge is 0.502 e. The zero-order chi connectivity index (χ0) is 25.0. The maximum Gasteiger partial charge on any atom is 0.313 e. The highest BCUT2D eigenvalue weighted by molar-refractivity contribution is 5.67. The Morgan fingerprint density at radius 3 is 2.57 bits per heavy atom. The maximum atomic E-state index is 13.3. The lowest BCUT2D eigenvalue weighted by Gasteiger charge is -2.16. The third-order valence-electron chi connectivity index (χ3n) is 5.93. The van der Waals surface area contributed by atoms with Gasteiger partial charge in [0.2, 0.25) is 11.7 Å². The minimum Gasteiger partial charge on any atom is -0.502 e. The number of benzene rings is 1. The number of ether oxygens (including phenoxy) is 1. The van der Waals surface area contributed by atoms with Crippen LogP contribution in [0.5, 0.6) is 5.75 Å². The number of rotatable bonds is 6. The van der Waals surface area contributed by atoms with Crippen molar-refractivity contribution in [1.82, 2.24) is 14.5 Å². The fraction of sp³-hybridized carbons (Fsp3) is 0.286. The molecule has 1 saturated heterocycles. The molecule has 35 heavy (non-hydrogen) atoms. The molecule has 0 amide bonds. The number of aliphatic hydroxyl groups excluding tert-OH is 2. The molecule has 0 aliphatic carbocycles. The van der Waals surface area contributed by atoms with Crippen LogP contribution in [-0.4, -0.2) is 54.7 Å². The molecule has 13 nitrogen and oxygen atoms in total. The summed E-state index contributed by atoms with van der Waals surface area (Å²) < 4.78 is 22.0. The van der Waals surface area contributed by atoms with Crippen molar-refractivity contribution in [1.29, 1.82) is 0 Å². The van der Waals surface area contributed by atoms with E-state index in [0.29, 0.717) is 5.56 Å². The molecule has 0 unspecified atom stereocenters. The van der Waals surface area contributed by atoms with Crippen molar-refractivity contribution in [3.05, 3.63) is 72.8 Å². The summed E-state index contributed by atoms with van der Waals surface area (Å²) in [5.74, 6) is -1.31. The van der Waals surface area contributed by atoms with Crippen LogP contribution >= 0.6 is 0 Å². The van der Waals surface area contributed by atoms with Crippen molar-refractivity contribution >= 4 is 22.8 Å². The first kappa shape index (κ1) is 22.6.